The molecule has 18 heavy (non-hydrogen) atoms. The van der Waals surface area contributed by atoms with Gasteiger partial charge in [0.15, 0.2) is 0 Å². The lowest BCUT2D eigenvalue weighted by Crippen LogP contribution is -2.02. The number of carboxylic acids is 1. The maximum Gasteiger partial charge on any atom is 0.309 e. The van der Waals surface area contributed by atoms with Gasteiger partial charge in [0.2, 0.25) is 0 Å². The number of aliphatic carboxylic acids is 1. The fourth-order valence-corrected chi connectivity index (χ4v) is 1.80. The smallest absolute Gasteiger partial charge is 0.309 e. The van der Waals surface area contributed by atoms with E-state index in [4.69, 9.17) is 5.11 Å². The van der Waals surface area contributed by atoms with Crippen LogP contribution in [0.3, 0.4) is 0 Å². The number of rotatable bonds is 3. The van der Waals surface area contributed by atoms with E-state index < -0.39 is 17.6 Å². The monoisotopic (exact) mass is 252 g/mol. The average molecular weight is 252 g/mol. The zero-order chi connectivity index (χ0) is 13.3. The van der Waals surface area contributed by atoms with Crippen molar-refractivity contribution in [2.24, 2.45) is 0 Å². The van der Waals surface area contributed by atoms with E-state index in [2.05, 4.69) is 10.2 Å². The molecule has 0 amide bonds. The van der Waals surface area contributed by atoms with Crippen molar-refractivity contribution in [3.8, 4) is 11.1 Å². The van der Waals surface area contributed by atoms with Gasteiger partial charge in [-0.05, 0) is 19.1 Å². The summed E-state index contributed by atoms with van der Waals surface area (Å²) in [5.74, 6) is -2.49. The van der Waals surface area contributed by atoms with Crippen LogP contribution in [0, 0.1) is 18.6 Å². The van der Waals surface area contributed by atoms with E-state index in [1.165, 1.54) is 6.07 Å². The Balaban J connectivity index is 2.55. The minimum atomic E-state index is -1.06. The molecule has 0 saturated carbocycles. The summed E-state index contributed by atoms with van der Waals surface area (Å²) < 4.78 is 26.5. The molecular formula is C12H10F2N2O2. The summed E-state index contributed by atoms with van der Waals surface area (Å²) in [6.45, 7) is 1.65. The van der Waals surface area contributed by atoms with Gasteiger partial charge >= 0.3 is 5.97 Å². The van der Waals surface area contributed by atoms with Crippen LogP contribution in [-0.4, -0.2) is 21.3 Å². The molecule has 4 nitrogen and oxygen atoms in total. The van der Waals surface area contributed by atoms with Crippen LogP contribution in [0.4, 0.5) is 8.78 Å². The molecule has 6 heteroatoms. The van der Waals surface area contributed by atoms with Crippen molar-refractivity contribution < 1.29 is 18.7 Å². The highest BCUT2D eigenvalue weighted by atomic mass is 19.1. The minimum absolute atomic E-state index is 0.138. The number of benzene rings is 1. The second-order valence-electron chi connectivity index (χ2n) is 3.86. The number of aromatic nitrogens is 2. The van der Waals surface area contributed by atoms with Gasteiger partial charge in [-0.15, -0.1) is 0 Å². The summed E-state index contributed by atoms with van der Waals surface area (Å²) in [4.78, 5) is 10.7. The van der Waals surface area contributed by atoms with E-state index >= 15 is 0 Å². The first-order valence-electron chi connectivity index (χ1n) is 5.20. The lowest BCUT2D eigenvalue weighted by molar-refractivity contribution is -0.136. The summed E-state index contributed by atoms with van der Waals surface area (Å²) in [6, 6.07) is 3.15. The third-order valence-corrected chi connectivity index (χ3v) is 2.54. The van der Waals surface area contributed by atoms with Crippen molar-refractivity contribution >= 4 is 5.97 Å². The number of halogens is 2. The quantitative estimate of drug-likeness (QED) is 0.880. The van der Waals surface area contributed by atoms with Gasteiger partial charge in [0.1, 0.15) is 11.6 Å². The third kappa shape index (κ3) is 2.22. The standard InChI is InChI=1S/C12H10F2N2O2/c1-6-12(10(16-15-6)5-11(17)18)8-3-2-7(13)4-9(8)14/h2-4H,5H2,1H3,(H,15,16)(H,17,18). The molecule has 1 heterocycles. The van der Waals surface area contributed by atoms with Crippen molar-refractivity contribution in [2.75, 3.05) is 0 Å². The largest absolute Gasteiger partial charge is 0.481 e. The van der Waals surface area contributed by atoms with Crippen LogP contribution in [0.15, 0.2) is 18.2 Å². The van der Waals surface area contributed by atoms with Gasteiger partial charge in [-0.2, -0.15) is 5.10 Å². The Bertz CT molecular complexity index is 608. The molecule has 2 aromatic rings. The number of aromatic amines is 1. The van der Waals surface area contributed by atoms with Crippen LogP contribution >= 0.6 is 0 Å². The van der Waals surface area contributed by atoms with Crippen LogP contribution in [-0.2, 0) is 11.2 Å². The minimum Gasteiger partial charge on any atom is -0.481 e. The van der Waals surface area contributed by atoms with E-state index in [0.717, 1.165) is 12.1 Å². The molecule has 0 radical (unpaired) electrons. The second-order valence-corrected chi connectivity index (χ2v) is 3.86. The van der Waals surface area contributed by atoms with Crippen LogP contribution in [0.5, 0.6) is 0 Å². The second kappa shape index (κ2) is 4.56. The molecule has 94 valence electrons. The Hall–Kier alpha value is -2.24. The number of aryl methyl sites for hydroxylation is 1. The van der Waals surface area contributed by atoms with Crippen molar-refractivity contribution in [3.05, 3.63) is 41.2 Å². The third-order valence-electron chi connectivity index (χ3n) is 2.54. The highest BCUT2D eigenvalue weighted by Gasteiger charge is 2.18. The summed E-state index contributed by atoms with van der Waals surface area (Å²) in [7, 11) is 0. The molecule has 0 bridgehead atoms. The SMILES string of the molecule is Cc1[nH]nc(CC(=O)O)c1-c1ccc(F)cc1F. The van der Waals surface area contributed by atoms with Gasteiger partial charge in [0.25, 0.3) is 0 Å². The fourth-order valence-electron chi connectivity index (χ4n) is 1.80. The van der Waals surface area contributed by atoms with Gasteiger partial charge in [0, 0.05) is 22.9 Å². The average Bonchev–Trinajstić information content (AvgIpc) is 2.60. The lowest BCUT2D eigenvalue weighted by Gasteiger charge is -2.04. The van der Waals surface area contributed by atoms with Crippen molar-refractivity contribution in [1.29, 1.82) is 0 Å². The Labute approximate surface area is 101 Å². The number of nitrogens with zero attached hydrogens (tertiary/aromatic N) is 1. The predicted octanol–water partition coefficient (Wildman–Crippen LogP) is 2.29. The number of hydrogen-bond donors (Lipinski definition) is 2. The molecule has 0 spiro atoms. The van der Waals surface area contributed by atoms with Crippen LogP contribution in [0.1, 0.15) is 11.4 Å². The zero-order valence-corrected chi connectivity index (χ0v) is 9.50. The molecule has 0 aliphatic rings. The summed E-state index contributed by atoms with van der Waals surface area (Å²) >= 11 is 0. The van der Waals surface area contributed by atoms with Crippen molar-refractivity contribution in [3.63, 3.8) is 0 Å². The number of hydrogen-bond acceptors (Lipinski definition) is 2. The zero-order valence-electron chi connectivity index (χ0n) is 9.50. The Morgan fingerprint density at radius 1 is 1.44 bits per heavy atom. The normalized spacial score (nSPS) is 10.6. The first-order valence-corrected chi connectivity index (χ1v) is 5.20. The van der Waals surface area contributed by atoms with Crippen LogP contribution < -0.4 is 0 Å². The summed E-state index contributed by atoms with van der Waals surface area (Å²) in [5.41, 5.74) is 1.27. The molecule has 1 aromatic carbocycles. The molecule has 0 saturated heterocycles. The van der Waals surface area contributed by atoms with Gasteiger partial charge in [-0.3, -0.25) is 9.89 Å². The Kier molecular flexibility index (Phi) is 3.10. The Morgan fingerprint density at radius 3 is 2.78 bits per heavy atom. The number of H-pyrrole nitrogens is 1. The highest BCUT2D eigenvalue weighted by molar-refractivity contribution is 5.76. The molecule has 1 aromatic heterocycles. The topological polar surface area (TPSA) is 66.0 Å². The molecule has 0 unspecified atom stereocenters. The lowest BCUT2D eigenvalue weighted by atomic mass is 10.0. The number of carboxylic acid groups (broad SMARTS) is 1. The van der Waals surface area contributed by atoms with E-state index in [1.807, 2.05) is 0 Å². The van der Waals surface area contributed by atoms with Crippen molar-refractivity contribution in [1.82, 2.24) is 10.2 Å². The van der Waals surface area contributed by atoms with E-state index in [9.17, 15) is 13.6 Å². The first kappa shape index (κ1) is 12.2. The van der Waals surface area contributed by atoms with Gasteiger partial charge in [-0.25, -0.2) is 8.78 Å². The molecular weight excluding hydrogens is 242 g/mol. The summed E-state index contributed by atoms with van der Waals surface area (Å²) in [6.07, 6.45) is -0.323. The van der Waals surface area contributed by atoms with E-state index in [0.29, 0.717) is 11.3 Å². The van der Waals surface area contributed by atoms with Gasteiger partial charge in [0.05, 0.1) is 12.1 Å². The van der Waals surface area contributed by atoms with Crippen molar-refractivity contribution in [2.45, 2.75) is 13.3 Å². The van der Waals surface area contributed by atoms with Gasteiger partial charge < -0.3 is 5.11 Å². The molecule has 0 atom stereocenters. The fraction of sp³-hybridized carbons (Fsp3) is 0.167. The van der Waals surface area contributed by atoms with E-state index in [-0.39, 0.29) is 17.7 Å². The Morgan fingerprint density at radius 2 is 2.17 bits per heavy atom. The number of nitrogens with one attached hydrogen (secondary N) is 1. The maximum absolute atomic E-state index is 13.7. The van der Waals surface area contributed by atoms with Crippen LogP contribution in [0.2, 0.25) is 0 Å². The predicted molar refractivity (Wildman–Crippen MR) is 60.0 cm³/mol. The van der Waals surface area contributed by atoms with E-state index in [1.54, 1.807) is 6.92 Å². The molecule has 0 aliphatic heterocycles. The number of carbonyl (C=O) groups is 1. The molecule has 2 rings (SSSR count). The summed E-state index contributed by atoms with van der Waals surface area (Å²) in [5, 5.41) is 15.2. The molecule has 2 N–H and O–H groups in total. The first-order chi connectivity index (χ1) is 8.49. The highest BCUT2D eigenvalue weighted by Crippen LogP contribution is 2.28. The van der Waals surface area contributed by atoms with Crippen LogP contribution in [0.25, 0.3) is 11.1 Å². The molecule has 0 aliphatic carbocycles. The molecule has 0 fully saturated rings. The van der Waals surface area contributed by atoms with Gasteiger partial charge in [-0.1, -0.05) is 0 Å². The maximum atomic E-state index is 13.7.